The van der Waals surface area contributed by atoms with Crippen LogP contribution < -0.4 is 4.72 Å². The minimum absolute atomic E-state index is 0.190. The quantitative estimate of drug-likeness (QED) is 0.827. The smallest absolute Gasteiger partial charge is 0.229 e. The third-order valence-corrected chi connectivity index (χ3v) is 2.71. The summed E-state index contributed by atoms with van der Waals surface area (Å²) in [5, 5.41) is 0. The normalized spacial score (nSPS) is 12.3. The van der Waals surface area contributed by atoms with Crippen LogP contribution in [0.2, 0.25) is 0 Å². The fourth-order valence-electron chi connectivity index (χ4n) is 1.29. The second kappa shape index (κ2) is 5.14. The van der Waals surface area contributed by atoms with E-state index in [1.807, 2.05) is 19.1 Å². The summed E-state index contributed by atoms with van der Waals surface area (Å²) in [6.45, 7) is 3.34. The van der Waals surface area contributed by atoms with E-state index in [0.717, 1.165) is 11.8 Å². The molecule has 0 fully saturated rings. The molecule has 1 aromatic carbocycles. The first-order valence-corrected chi connectivity index (χ1v) is 6.94. The zero-order valence-corrected chi connectivity index (χ0v) is 10.8. The maximum absolute atomic E-state index is 11.4. The molecule has 4 nitrogen and oxygen atoms in total. The van der Waals surface area contributed by atoms with Crippen LogP contribution in [0.25, 0.3) is 5.57 Å². The summed E-state index contributed by atoms with van der Waals surface area (Å²) < 4.78 is 24.2. The van der Waals surface area contributed by atoms with Crippen LogP contribution in [-0.2, 0) is 14.8 Å². The number of nitrogens with one attached hydrogen (secondary N) is 1. The molecule has 0 unspecified atom stereocenters. The van der Waals surface area contributed by atoms with Gasteiger partial charge in [0.2, 0.25) is 10.0 Å². The number of hydrogen-bond acceptors (Lipinski definition) is 3. The lowest BCUT2D eigenvalue weighted by Gasteiger charge is -2.05. The van der Waals surface area contributed by atoms with Crippen LogP contribution in [0.4, 0.5) is 0 Å². The highest BCUT2D eigenvalue weighted by Gasteiger charge is 2.08. The van der Waals surface area contributed by atoms with Crippen molar-refractivity contribution in [3.63, 3.8) is 0 Å². The van der Waals surface area contributed by atoms with Crippen molar-refractivity contribution in [1.29, 1.82) is 0 Å². The molecule has 1 aromatic rings. The Morgan fingerprint density at radius 2 is 1.76 bits per heavy atom. The number of carbonyl (C=O) groups is 1. The van der Waals surface area contributed by atoms with Crippen LogP contribution >= 0.6 is 0 Å². The van der Waals surface area contributed by atoms with Crippen molar-refractivity contribution in [2.45, 2.75) is 13.8 Å². The molecule has 92 valence electrons. The molecule has 0 atom stereocenters. The van der Waals surface area contributed by atoms with Crippen LogP contribution in [0.15, 0.2) is 30.5 Å². The number of allylic oxidation sites excluding steroid dienone is 1. The third kappa shape index (κ3) is 4.40. The number of rotatable bonds is 4. The first-order chi connectivity index (χ1) is 7.79. The molecule has 1 rings (SSSR count). The molecule has 0 spiro atoms. The van der Waals surface area contributed by atoms with Gasteiger partial charge in [-0.15, -0.1) is 0 Å². The average molecular weight is 253 g/mol. The molecule has 0 aliphatic carbocycles. The van der Waals surface area contributed by atoms with Gasteiger partial charge >= 0.3 is 0 Å². The van der Waals surface area contributed by atoms with E-state index >= 15 is 0 Å². The Bertz CT molecular complexity index is 542. The number of Topliss-reactive ketones (excluding diaryl/α,β-unsaturated/α-hetero) is 1. The van der Waals surface area contributed by atoms with E-state index in [4.69, 9.17) is 0 Å². The Morgan fingerprint density at radius 1 is 1.24 bits per heavy atom. The number of aryl methyl sites for hydroxylation is 1. The van der Waals surface area contributed by atoms with Crippen LogP contribution in [0.5, 0.6) is 0 Å². The predicted molar refractivity (Wildman–Crippen MR) is 67.8 cm³/mol. The Labute approximate surface area is 101 Å². The van der Waals surface area contributed by atoms with Crippen LogP contribution in [0.3, 0.4) is 0 Å². The lowest BCUT2D eigenvalue weighted by atomic mass is 10.0. The molecule has 0 bridgehead atoms. The lowest BCUT2D eigenvalue weighted by molar-refractivity contribution is -0.111. The molecule has 17 heavy (non-hydrogen) atoms. The molecular formula is C12H15NO3S. The van der Waals surface area contributed by atoms with E-state index in [9.17, 15) is 13.2 Å². The maximum Gasteiger partial charge on any atom is 0.229 e. The van der Waals surface area contributed by atoms with Crippen LogP contribution in [0.1, 0.15) is 18.1 Å². The predicted octanol–water partition coefficient (Wildman–Crippen LogP) is 1.47. The van der Waals surface area contributed by atoms with Crippen molar-refractivity contribution < 1.29 is 13.2 Å². The SMILES string of the molecule is CC(=O)/C(=C\NS(C)(=O)=O)c1ccc(C)cc1. The van der Waals surface area contributed by atoms with Gasteiger partial charge in [-0.3, -0.25) is 9.52 Å². The summed E-state index contributed by atoms with van der Waals surface area (Å²) >= 11 is 0. The van der Waals surface area contributed by atoms with Gasteiger partial charge < -0.3 is 0 Å². The average Bonchev–Trinajstić information content (AvgIpc) is 2.18. The molecule has 0 saturated heterocycles. The highest BCUT2D eigenvalue weighted by Crippen LogP contribution is 2.15. The van der Waals surface area contributed by atoms with Gasteiger partial charge in [0.15, 0.2) is 5.78 Å². The summed E-state index contributed by atoms with van der Waals surface area (Å²) in [6, 6.07) is 7.30. The molecule has 5 heteroatoms. The lowest BCUT2D eigenvalue weighted by Crippen LogP contribution is -2.16. The number of sulfonamides is 1. The van der Waals surface area contributed by atoms with E-state index in [1.54, 1.807) is 12.1 Å². The van der Waals surface area contributed by atoms with E-state index in [1.165, 1.54) is 13.1 Å². The number of carbonyl (C=O) groups excluding carboxylic acids is 1. The minimum Gasteiger partial charge on any atom is -0.294 e. The second-order valence-electron chi connectivity index (χ2n) is 3.87. The minimum atomic E-state index is -3.35. The fraction of sp³-hybridized carbons (Fsp3) is 0.250. The molecule has 0 aliphatic rings. The second-order valence-corrected chi connectivity index (χ2v) is 5.65. The zero-order chi connectivity index (χ0) is 13.1. The van der Waals surface area contributed by atoms with Crippen molar-refractivity contribution in [2.24, 2.45) is 0 Å². The van der Waals surface area contributed by atoms with Crippen molar-refractivity contribution in [2.75, 3.05) is 6.26 Å². The van der Waals surface area contributed by atoms with Crippen LogP contribution in [0, 0.1) is 6.92 Å². The third-order valence-electron chi connectivity index (χ3n) is 2.16. The van der Waals surface area contributed by atoms with Crippen molar-refractivity contribution >= 4 is 21.4 Å². The van der Waals surface area contributed by atoms with Gasteiger partial charge in [-0.05, 0) is 19.4 Å². The number of hydrogen-bond donors (Lipinski definition) is 1. The summed E-state index contributed by atoms with van der Waals surface area (Å²) in [5.74, 6) is -0.190. The van der Waals surface area contributed by atoms with E-state index in [0.29, 0.717) is 11.1 Å². The Kier molecular flexibility index (Phi) is 4.07. The molecular weight excluding hydrogens is 238 g/mol. The van der Waals surface area contributed by atoms with Gasteiger partial charge in [0, 0.05) is 11.8 Å². The molecule has 0 amide bonds. The summed E-state index contributed by atoms with van der Waals surface area (Å²) in [6.07, 6.45) is 2.26. The number of benzene rings is 1. The summed E-state index contributed by atoms with van der Waals surface area (Å²) in [7, 11) is -3.35. The van der Waals surface area contributed by atoms with E-state index in [2.05, 4.69) is 4.72 Å². The van der Waals surface area contributed by atoms with Gasteiger partial charge in [-0.2, -0.15) is 0 Å². The molecule has 0 saturated carbocycles. The van der Waals surface area contributed by atoms with Gasteiger partial charge in [0.05, 0.1) is 6.26 Å². The van der Waals surface area contributed by atoms with Crippen molar-refractivity contribution in [3.8, 4) is 0 Å². The summed E-state index contributed by atoms with van der Waals surface area (Å²) in [5.41, 5.74) is 2.11. The van der Waals surface area contributed by atoms with Gasteiger partial charge in [0.1, 0.15) is 0 Å². The van der Waals surface area contributed by atoms with Crippen molar-refractivity contribution in [1.82, 2.24) is 4.72 Å². The largest absolute Gasteiger partial charge is 0.294 e. The van der Waals surface area contributed by atoms with Gasteiger partial charge in [-0.25, -0.2) is 8.42 Å². The van der Waals surface area contributed by atoms with Gasteiger partial charge in [0.25, 0.3) is 0 Å². The first kappa shape index (κ1) is 13.4. The number of ketones is 1. The van der Waals surface area contributed by atoms with Gasteiger partial charge in [-0.1, -0.05) is 29.8 Å². The summed E-state index contributed by atoms with van der Waals surface area (Å²) in [4.78, 5) is 11.4. The van der Waals surface area contributed by atoms with Crippen molar-refractivity contribution in [3.05, 3.63) is 41.6 Å². The Morgan fingerprint density at radius 3 is 2.18 bits per heavy atom. The monoisotopic (exact) mass is 253 g/mol. The highest BCUT2D eigenvalue weighted by molar-refractivity contribution is 7.88. The Balaban J connectivity index is 3.10. The maximum atomic E-state index is 11.4. The Hall–Kier alpha value is -1.62. The zero-order valence-electron chi connectivity index (χ0n) is 10.0. The molecule has 0 aliphatic heterocycles. The van der Waals surface area contributed by atoms with Crippen LogP contribution in [-0.4, -0.2) is 20.5 Å². The van der Waals surface area contributed by atoms with E-state index in [-0.39, 0.29) is 5.78 Å². The molecule has 0 heterocycles. The fourth-order valence-corrected chi connectivity index (χ4v) is 1.62. The molecule has 0 aromatic heterocycles. The first-order valence-electron chi connectivity index (χ1n) is 5.05. The van der Waals surface area contributed by atoms with E-state index < -0.39 is 10.0 Å². The highest BCUT2D eigenvalue weighted by atomic mass is 32.2. The standard InChI is InChI=1S/C12H15NO3S/c1-9-4-6-11(7-5-9)12(10(2)14)8-13-17(3,15)16/h4-8,13H,1-3H3/b12-8+. The molecule has 0 radical (unpaired) electrons. The molecule has 1 N–H and O–H groups in total. The topological polar surface area (TPSA) is 63.2 Å².